The first-order chi connectivity index (χ1) is 5.83. The topological polar surface area (TPSA) is 26.0 Å². The molecule has 2 N–H and O–H groups in total. The standard InChI is InChI=1S/C9H12ClNS.ClH/c10-9-3-1-2-8(6-9)7-12-5-4-11;/h1-3,6H,4-5,7,11H2;1H. The Hall–Kier alpha value is 0.110. The predicted molar refractivity (Wildman–Crippen MR) is 63.9 cm³/mol. The van der Waals surface area contributed by atoms with Crippen molar-refractivity contribution in [2.45, 2.75) is 5.75 Å². The number of benzene rings is 1. The van der Waals surface area contributed by atoms with Gasteiger partial charge in [-0.25, -0.2) is 0 Å². The van der Waals surface area contributed by atoms with Gasteiger partial charge in [0.25, 0.3) is 0 Å². The van der Waals surface area contributed by atoms with Crippen molar-refractivity contribution in [1.82, 2.24) is 0 Å². The number of halogens is 2. The number of rotatable bonds is 4. The molecular weight excluding hydrogens is 225 g/mol. The summed E-state index contributed by atoms with van der Waals surface area (Å²) in [5, 5.41) is 0.806. The number of hydrogen-bond acceptors (Lipinski definition) is 2. The summed E-state index contributed by atoms with van der Waals surface area (Å²) in [7, 11) is 0. The third-order valence-corrected chi connectivity index (χ3v) is 2.72. The Morgan fingerprint density at radius 2 is 2.15 bits per heavy atom. The molecule has 0 amide bonds. The molecule has 0 heterocycles. The minimum Gasteiger partial charge on any atom is -0.330 e. The first-order valence-corrected chi connectivity index (χ1v) is 5.38. The lowest BCUT2D eigenvalue weighted by Gasteiger charge is -2.00. The highest BCUT2D eigenvalue weighted by molar-refractivity contribution is 7.98. The van der Waals surface area contributed by atoms with Crippen LogP contribution in [0.15, 0.2) is 24.3 Å². The molecule has 0 atom stereocenters. The SMILES string of the molecule is Cl.NCCSCc1cccc(Cl)c1. The van der Waals surface area contributed by atoms with Crippen molar-refractivity contribution < 1.29 is 0 Å². The van der Waals surface area contributed by atoms with Crippen LogP contribution in [0.3, 0.4) is 0 Å². The molecule has 0 aromatic heterocycles. The fraction of sp³-hybridized carbons (Fsp3) is 0.333. The molecule has 0 aliphatic heterocycles. The lowest BCUT2D eigenvalue weighted by Crippen LogP contribution is -2.01. The molecule has 1 aromatic carbocycles. The van der Waals surface area contributed by atoms with Gasteiger partial charge in [0.05, 0.1) is 0 Å². The summed E-state index contributed by atoms with van der Waals surface area (Å²) in [6.45, 7) is 0.741. The first-order valence-electron chi connectivity index (χ1n) is 3.85. The van der Waals surface area contributed by atoms with Crippen LogP contribution in [0.2, 0.25) is 5.02 Å². The summed E-state index contributed by atoms with van der Waals surface area (Å²) in [5.74, 6) is 2.00. The van der Waals surface area contributed by atoms with E-state index in [0.29, 0.717) is 0 Å². The third-order valence-electron chi connectivity index (χ3n) is 1.42. The maximum absolute atomic E-state index is 5.82. The molecule has 0 unspecified atom stereocenters. The minimum absolute atomic E-state index is 0. The average molecular weight is 238 g/mol. The van der Waals surface area contributed by atoms with Gasteiger partial charge in [0.15, 0.2) is 0 Å². The Kier molecular flexibility index (Phi) is 7.57. The van der Waals surface area contributed by atoms with Gasteiger partial charge in [-0.05, 0) is 17.7 Å². The number of nitrogens with two attached hydrogens (primary N) is 1. The highest BCUT2D eigenvalue weighted by Crippen LogP contribution is 2.15. The fourth-order valence-electron chi connectivity index (χ4n) is 0.900. The van der Waals surface area contributed by atoms with Gasteiger partial charge in [-0.1, -0.05) is 23.7 Å². The van der Waals surface area contributed by atoms with Gasteiger partial charge in [0.1, 0.15) is 0 Å². The van der Waals surface area contributed by atoms with Crippen LogP contribution < -0.4 is 5.73 Å². The van der Waals surface area contributed by atoms with Crippen molar-refractivity contribution in [3.63, 3.8) is 0 Å². The van der Waals surface area contributed by atoms with Gasteiger partial charge in [-0.3, -0.25) is 0 Å². The highest BCUT2D eigenvalue weighted by atomic mass is 35.5. The Morgan fingerprint density at radius 3 is 2.77 bits per heavy atom. The molecule has 0 aliphatic rings. The summed E-state index contributed by atoms with van der Waals surface area (Å²) in [6, 6.07) is 7.93. The Balaban J connectivity index is 0.00000144. The Morgan fingerprint density at radius 1 is 1.38 bits per heavy atom. The van der Waals surface area contributed by atoms with Crippen LogP contribution in [0.25, 0.3) is 0 Å². The van der Waals surface area contributed by atoms with E-state index in [0.717, 1.165) is 23.1 Å². The van der Waals surface area contributed by atoms with Crippen molar-refractivity contribution in [1.29, 1.82) is 0 Å². The van der Waals surface area contributed by atoms with Crippen molar-refractivity contribution in [2.24, 2.45) is 5.73 Å². The molecule has 1 rings (SSSR count). The molecule has 0 saturated heterocycles. The van der Waals surface area contributed by atoms with Crippen molar-refractivity contribution in [3.05, 3.63) is 34.9 Å². The molecule has 0 saturated carbocycles. The van der Waals surface area contributed by atoms with Gasteiger partial charge in [0.2, 0.25) is 0 Å². The lowest BCUT2D eigenvalue weighted by atomic mass is 10.2. The van der Waals surface area contributed by atoms with Crippen LogP contribution in [0, 0.1) is 0 Å². The Bertz CT molecular complexity index is 243. The van der Waals surface area contributed by atoms with Gasteiger partial charge >= 0.3 is 0 Å². The van der Waals surface area contributed by atoms with Gasteiger partial charge < -0.3 is 5.73 Å². The van der Waals surface area contributed by atoms with Crippen LogP contribution in [0.4, 0.5) is 0 Å². The molecule has 0 fully saturated rings. The van der Waals surface area contributed by atoms with Gasteiger partial charge in [-0.2, -0.15) is 11.8 Å². The summed E-state index contributed by atoms with van der Waals surface area (Å²) < 4.78 is 0. The lowest BCUT2D eigenvalue weighted by molar-refractivity contribution is 1.15. The summed E-state index contributed by atoms with van der Waals surface area (Å²) >= 11 is 7.66. The zero-order valence-corrected chi connectivity index (χ0v) is 9.59. The van der Waals surface area contributed by atoms with Crippen molar-refractivity contribution >= 4 is 35.8 Å². The van der Waals surface area contributed by atoms with Gasteiger partial charge in [-0.15, -0.1) is 12.4 Å². The second-order valence-electron chi connectivity index (χ2n) is 2.47. The molecule has 0 bridgehead atoms. The molecule has 1 aromatic rings. The third kappa shape index (κ3) is 5.42. The normalized spacial score (nSPS) is 9.38. The molecule has 13 heavy (non-hydrogen) atoms. The van der Waals surface area contributed by atoms with E-state index in [1.54, 1.807) is 0 Å². The summed E-state index contributed by atoms with van der Waals surface area (Å²) in [4.78, 5) is 0. The maximum Gasteiger partial charge on any atom is 0.0409 e. The van der Waals surface area contributed by atoms with Crippen LogP contribution in [0.5, 0.6) is 0 Å². The van der Waals surface area contributed by atoms with E-state index in [1.807, 2.05) is 30.0 Å². The molecular formula is C9H13Cl2NS. The van der Waals surface area contributed by atoms with Crippen LogP contribution >= 0.6 is 35.8 Å². The quantitative estimate of drug-likeness (QED) is 0.816. The molecule has 1 nitrogen and oxygen atoms in total. The Labute approximate surface area is 94.4 Å². The van der Waals surface area contributed by atoms with E-state index >= 15 is 0 Å². The minimum atomic E-state index is 0. The molecule has 0 radical (unpaired) electrons. The van der Waals surface area contributed by atoms with E-state index in [4.69, 9.17) is 17.3 Å². The van der Waals surface area contributed by atoms with E-state index in [2.05, 4.69) is 6.07 Å². The number of thioether (sulfide) groups is 1. The molecule has 74 valence electrons. The second-order valence-corrected chi connectivity index (χ2v) is 4.01. The van der Waals surface area contributed by atoms with E-state index in [1.165, 1.54) is 5.56 Å². The fourth-order valence-corrected chi connectivity index (χ4v) is 1.84. The second kappa shape index (κ2) is 7.51. The zero-order valence-electron chi connectivity index (χ0n) is 7.20. The van der Waals surface area contributed by atoms with Crippen LogP contribution in [-0.4, -0.2) is 12.3 Å². The first kappa shape index (κ1) is 13.1. The monoisotopic (exact) mass is 237 g/mol. The smallest absolute Gasteiger partial charge is 0.0409 e. The molecule has 4 heteroatoms. The van der Waals surface area contributed by atoms with Crippen LogP contribution in [0.1, 0.15) is 5.56 Å². The highest BCUT2D eigenvalue weighted by Gasteiger charge is 1.93. The van der Waals surface area contributed by atoms with Crippen LogP contribution in [-0.2, 0) is 5.75 Å². The number of hydrogen-bond donors (Lipinski definition) is 1. The van der Waals surface area contributed by atoms with E-state index < -0.39 is 0 Å². The largest absolute Gasteiger partial charge is 0.330 e. The zero-order chi connectivity index (χ0) is 8.81. The summed E-state index contributed by atoms with van der Waals surface area (Å²) in [6.07, 6.45) is 0. The predicted octanol–water partition coefficient (Wildman–Crippen LogP) is 2.95. The van der Waals surface area contributed by atoms with E-state index in [9.17, 15) is 0 Å². The maximum atomic E-state index is 5.82. The van der Waals surface area contributed by atoms with Crippen molar-refractivity contribution in [3.8, 4) is 0 Å². The molecule has 0 aliphatic carbocycles. The summed E-state index contributed by atoms with van der Waals surface area (Å²) in [5.41, 5.74) is 6.64. The van der Waals surface area contributed by atoms with Crippen molar-refractivity contribution in [2.75, 3.05) is 12.3 Å². The average Bonchev–Trinajstić information content (AvgIpc) is 2.05. The van der Waals surface area contributed by atoms with Gasteiger partial charge in [0, 0.05) is 23.1 Å². The van der Waals surface area contributed by atoms with E-state index in [-0.39, 0.29) is 12.4 Å². The molecule has 0 spiro atoms.